The normalized spacial score (nSPS) is 28.0. The van der Waals surface area contributed by atoms with E-state index < -0.39 is 0 Å². The van der Waals surface area contributed by atoms with Crippen molar-refractivity contribution in [3.8, 4) is 0 Å². The average molecular weight is 323 g/mol. The summed E-state index contributed by atoms with van der Waals surface area (Å²) < 4.78 is 0. The summed E-state index contributed by atoms with van der Waals surface area (Å²) in [5.41, 5.74) is 8.53. The van der Waals surface area contributed by atoms with Crippen LogP contribution in [0.4, 0.5) is 0 Å². The summed E-state index contributed by atoms with van der Waals surface area (Å²) in [4.78, 5) is 12.7. The maximum absolute atomic E-state index is 12.7. The molecule has 0 heterocycles. The zero-order chi connectivity index (χ0) is 15.3. The van der Waals surface area contributed by atoms with Gasteiger partial charge in [0, 0.05) is 17.9 Å². The molecule has 0 aromatic heterocycles. The van der Waals surface area contributed by atoms with Gasteiger partial charge in [0.1, 0.15) is 0 Å². The predicted molar refractivity (Wildman–Crippen MR) is 92.2 cm³/mol. The van der Waals surface area contributed by atoms with Gasteiger partial charge < -0.3 is 11.1 Å². The van der Waals surface area contributed by atoms with Gasteiger partial charge in [-0.2, -0.15) is 0 Å². The number of nitrogens with two attached hydrogens (primary N) is 1. The summed E-state index contributed by atoms with van der Waals surface area (Å²) in [5, 5.41) is 3.22. The number of carbonyl (C=O) groups excluding carboxylic acids is 1. The number of rotatable bonds is 4. The highest BCUT2D eigenvalue weighted by Crippen LogP contribution is 2.61. The van der Waals surface area contributed by atoms with Crippen LogP contribution in [0.5, 0.6) is 0 Å². The quantitative estimate of drug-likeness (QED) is 0.895. The summed E-state index contributed by atoms with van der Waals surface area (Å²) in [7, 11) is 0. The number of halogens is 1. The van der Waals surface area contributed by atoms with Gasteiger partial charge in [0.15, 0.2) is 0 Å². The van der Waals surface area contributed by atoms with Gasteiger partial charge in [-0.25, -0.2) is 0 Å². The highest BCUT2D eigenvalue weighted by atomic mass is 35.5. The van der Waals surface area contributed by atoms with Crippen molar-refractivity contribution in [1.29, 1.82) is 0 Å². The lowest BCUT2D eigenvalue weighted by Gasteiger charge is -2.34. The molecule has 1 fully saturated rings. The number of hydrogen-bond donors (Lipinski definition) is 2. The van der Waals surface area contributed by atoms with Crippen LogP contribution in [0.25, 0.3) is 0 Å². The molecule has 2 aliphatic rings. The number of fused-ring (bicyclic) bond motifs is 2. The van der Waals surface area contributed by atoms with Gasteiger partial charge in [0.2, 0.25) is 5.91 Å². The summed E-state index contributed by atoms with van der Waals surface area (Å²) >= 11 is 0. The van der Waals surface area contributed by atoms with Crippen LogP contribution in [0.1, 0.15) is 44.7 Å². The van der Waals surface area contributed by atoms with Crippen LogP contribution in [0, 0.1) is 11.8 Å². The first-order valence-electron chi connectivity index (χ1n) is 8.03. The number of benzene rings is 1. The van der Waals surface area contributed by atoms with Crippen molar-refractivity contribution >= 4 is 18.3 Å². The van der Waals surface area contributed by atoms with E-state index in [0.29, 0.717) is 12.5 Å². The minimum absolute atomic E-state index is 0. The third-order valence-corrected chi connectivity index (χ3v) is 5.89. The Hall–Kier alpha value is -1.06. The SMILES string of the molecule is CC(C)C(C)(CN)NC(=O)C1CC12CCc1ccccc12.Cl. The Morgan fingerprint density at radius 3 is 2.77 bits per heavy atom. The average Bonchev–Trinajstić information content (AvgIpc) is 3.09. The molecular formula is C18H27ClN2O. The van der Waals surface area contributed by atoms with E-state index in [4.69, 9.17) is 5.73 Å². The van der Waals surface area contributed by atoms with Crippen molar-refractivity contribution in [1.82, 2.24) is 5.32 Å². The second-order valence-electron chi connectivity index (χ2n) is 7.34. The smallest absolute Gasteiger partial charge is 0.224 e. The molecule has 22 heavy (non-hydrogen) atoms. The zero-order valence-electron chi connectivity index (χ0n) is 13.7. The Balaban J connectivity index is 0.00000176. The molecule has 3 rings (SSSR count). The number of carbonyl (C=O) groups is 1. The standard InChI is InChI=1S/C18H26N2O.ClH/c1-12(2)17(3,11-19)20-16(21)15-10-18(15)9-8-13-6-4-5-7-14(13)18;/h4-7,12,15H,8-11,19H2,1-3H3,(H,20,21);1H. The van der Waals surface area contributed by atoms with Crippen molar-refractivity contribution in [2.45, 2.75) is 51.0 Å². The molecule has 0 saturated heterocycles. The summed E-state index contributed by atoms with van der Waals surface area (Å²) in [5.74, 6) is 0.649. The molecule has 3 N–H and O–H groups in total. The molecule has 0 radical (unpaired) electrons. The Bertz CT molecular complexity index is 574. The first-order chi connectivity index (χ1) is 9.93. The molecule has 1 aromatic carbocycles. The maximum Gasteiger partial charge on any atom is 0.224 e. The molecule has 4 heteroatoms. The predicted octanol–water partition coefficient (Wildman–Crippen LogP) is 2.80. The number of aryl methyl sites for hydroxylation is 1. The van der Waals surface area contributed by atoms with E-state index in [9.17, 15) is 4.79 Å². The van der Waals surface area contributed by atoms with Crippen molar-refractivity contribution in [3.63, 3.8) is 0 Å². The van der Waals surface area contributed by atoms with Crippen LogP contribution in [0.3, 0.4) is 0 Å². The summed E-state index contributed by atoms with van der Waals surface area (Å²) in [6.07, 6.45) is 3.22. The van der Waals surface area contributed by atoms with Crippen molar-refractivity contribution in [3.05, 3.63) is 35.4 Å². The minimum atomic E-state index is -0.307. The van der Waals surface area contributed by atoms with Crippen molar-refractivity contribution in [2.24, 2.45) is 17.6 Å². The van der Waals surface area contributed by atoms with Crippen LogP contribution >= 0.6 is 12.4 Å². The fourth-order valence-electron chi connectivity index (χ4n) is 3.74. The van der Waals surface area contributed by atoms with Gasteiger partial charge in [0.25, 0.3) is 0 Å². The van der Waals surface area contributed by atoms with Crippen molar-refractivity contribution in [2.75, 3.05) is 6.54 Å². The Morgan fingerprint density at radius 2 is 2.14 bits per heavy atom. The van der Waals surface area contributed by atoms with Crippen LogP contribution < -0.4 is 11.1 Å². The molecule has 122 valence electrons. The lowest BCUT2D eigenvalue weighted by molar-refractivity contribution is -0.125. The lowest BCUT2D eigenvalue weighted by atomic mass is 9.87. The van der Waals surface area contributed by atoms with E-state index in [2.05, 4.69) is 43.4 Å². The highest BCUT2D eigenvalue weighted by molar-refractivity contribution is 5.86. The highest BCUT2D eigenvalue weighted by Gasteiger charge is 2.61. The van der Waals surface area contributed by atoms with Crippen molar-refractivity contribution < 1.29 is 4.79 Å². The second-order valence-corrected chi connectivity index (χ2v) is 7.34. The van der Waals surface area contributed by atoms with Gasteiger partial charge >= 0.3 is 0 Å². The molecule has 1 saturated carbocycles. The van der Waals surface area contributed by atoms with Gasteiger partial charge in [-0.1, -0.05) is 38.1 Å². The third kappa shape index (κ3) is 2.55. The molecule has 3 nitrogen and oxygen atoms in total. The van der Waals surface area contributed by atoms with Crippen LogP contribution in [0.2, 0.25) is 0 Å². The minimum Gasteiger partial charge on any atom is -0.349 e. The number of amides is 1. The number of nitrogens with one attached hydrogen (secondary N) is 1. The van der Waals surface area contributed by atoms with Crippen LogP contribution in [0.15, 0.2) is 24.3 Å². The molecule has 3 atom stereocenters. The molecule has 1 amide bonds. The van der Waals surface area contributed by atoms with Gasteiger partial charge in [-0.05, 0) is 43.2 Å². The van der Waals surface area contributed by atoms with E-state index in [1.807, 2.05) is 6.92 Å². The molecule has 2 aliphatic carbocycles. The fourth-order valence-corrected chi connectivity index (χ4v) is 3.74. The third-order valence-electron chi connectivity index (χ3n) is 5.89. The Morgan fingerprint density at radius 1 is 1.45 bits per heavy atom. The molecule has 1 spiro atoms. The fraction of sp³-hybridized carbons (Fsp3) is 0.611. The monoisotopic (exact) mass is 322 g/mol. The van der Waals surface area contributed by atoms with Gasteiger partial charge in [-0.3, -0.25) is 4.79 Å². The topological polar surface area (TPSA) is 55.1 Å². The van der Waals surface area contributed by atoms with E-state index >= 15 is 0 Å². The van der Waals surface area contributed by atoms with Gasteiger partial charge in [0.05, 0.1) is 5.54 Å². The van der Waals surface area contributed by atoms with E-state index in [-0.39, 0.29) is 35.2 Å². The van der Waals surface area contributed by atoms with E-state index in [0.717, 1.165) is 19.3 Å². The Kier molecular flexibility index (Phi) is 4.61. The van der Waals surface area contributed by atoms with Gasteiger partial charge in [-0.15, -0.1) is 12.4 Å². The maximum atomic E-state index is 12.7. The molecule has 3 unspecified atom stereocenters. The van der Waals surface area contributed by atoms with Crippen LogP contribution in [-0.2, 0) is 16.6 Å². The first kappa shape index (κ1) is 17.3. The Labute approximate surface area is 139 Å². The van der Waals surface area contributed by atoms with E-state index in [1.54, 1.807) is 0 Å². The summed E-state index contributed by atoms with van der Waals surface area (Å²) in [6.45, 7) is 6.75. The molecule has 0 aliphatic heterocycles. The molecule has 0 bridgehead atoms. The van der Waals surface area contributed by atoms with Crippen LogP contribution in [-0.4, -0.2) is 18.0 Å². The van der Waals surface area contributed by atoms with E-state index in [1.165, 1.54) is 11.1 Å². The number of hydrogen-bond acceptors (Lipinski definition) is 2. The summed E-state index contributed by atoms with van der Waals surface area (Å²) in [6, 6.07) is 8.60. The molecule has 1 aromatic rings. The lowest BCUT2D eigenvalue weighted by Crippen LogP contribution is -2.55. The largest absolute Gasteiger partial charge is 0.349 e. The molecular weight excluding hydrogens is 296 g/mol. The zero-order valence-corrected chi connectivity index (χ0v) is 14.5. The first-order valence-corrected chi connectivity index (χ1v) is 8.03. The second kappa shape index (κ2) is 5.86.